The largest absolute Gasteiger partial charge is 0.456 e. The van der Waals surface area contributed by atoms with E-state index in [4.69, 9.17) is 4.74 Å². The molecule has 1 saturated heterocycles. The monoisotopic (exact) mass is 327 g/mol. The zero-order chi connectivity index (χ0) is 16.1. The molecule has 5 heteroatoms. The molecule has 0 aromatic heterocycles. The molecule has 1 aliphatic heterocycles. The minimum Gasteiger partial charge on any atom is -0.456 e. The van der Waals surface area contributed by atoms with E-state index in [-0.39, 0.29) is 24.0 Å². The van der Waals surface area contributed by atoms with E-state index in [1.807, 2.05) is 24.3 Å². The van der Waals surface area contributed by atoms with Crippen LogP contribution in [-0.4, -0.2) is 35.5 Å². The minimum atomic E-state index is -0.350. The number of rotatable bonds is 4. The molecule has 2 aromatic rings. The first-order valence-electron chi connectivity index (χ1n) is 7.44. The van der Waals surface area contributed by atoms with Crippen LogP contribution in [0.3, 0.4) is 0 Å². The van der Waals surface area contributed by atoms with Crippen LogP contribution in [-0.2, 0) is 4.74 Å². The number of benzene rings is 2. The molecule has 1 fully saturated rings. The van der Waals surface area contributed by atoms with E-state index in [1.165, 1.54) is 0 Å². The summed E-state index contributed by atoms with van der Waals surface area (Å²) in [6, 6.07) is 17.8. The highest BCUT2D eigenvalue weighted by atomic mass is 32.2. The first-order valence-corrected chi connectivity index (χ1v) is 8.59. The molecule has 4 nitrogen and oxygen atoms in total. The summed E-state index contributed by atoms with van der Waals surface area (Å²) in [7, 11) is 0. The molecular formula is C18H17NO3S. The third kappa shape index (κ3) is 3.93. The quantitative estimate of drug-likeness (QED) is 0.878. The van der Waals surface area contributed by atoms with E-state index < -0.39 is 0 Å². The standard InChI is InChI=1S/C18H17NO3S/c20-17(13-7-3-1-4-8-13)19-15-11-23-12-16(15)22-18(21)14-9-5-2-6-10-14/h1-10,15-16H,11-12H2,(H,19,20)/t15-,16+/m1/s1. The number of hydrogen-bond acceptors (Lipinski definition) is 4. The molecule has 1 N–H and O–H groups in total. The zero-order valence-electron chi connectivity index (χ0n) is 12.5. The van der Waals surface area contributed by atoms with E-state index in [0.29, 0.717) is 16.9 Å². The Morgan fingerprint density at radius 2 is 1.52 bits per heavy atom. The van der Waals surface area contributed by atoms with Crippen LogP contribution in [0.15, 0.2) is 60.7 Å². The maximum Gasteiger partial charge on any atom is 0.338 e. The molecule has 2 aromatic carbocycles. The molecule has 23 heavy (non-hydrogen) atoms. The Balaban J connectivity index is 1.62. The normalized spacial score (nSPS) is 20.0. The van der Waals surface area contributed by atoms with Gasteiger partial charge in [0.2, 0.25) is 0 Å². The summed E-state index contributed by atoms with van der Waals surface area (Å²) in [5.74, 6) is 0.944. The second kappa shape index (κ2) is 7.33. The summed E-state index contributed by atoms with van der Waals surface area (Å²) in [6.45, 7) is 0. The second-order valence-electron chi connectivity index (χ2n) is 5.29. The van der Waals surface area contributed by atoms with Crippen molar-refractivity contribution >= 4 is 23.6 Å². The van der Waals surface area contributed by atoms with Crippen molar-refractivity contribution in [3.63, 3.8) is 0 Å². The lowest BCUT2D eigenvalue weighted by molar-refractivity contribution is 0.0293. The number of hydrogen-bond donors (Lipinski definition) is 1. The number of nitrogens with one attached hydrogen (secondary N) is 1. The van der Waals surface area contributed by atoms with Crippen molar-refractivity contribution in [2.24, 2.45) is 0 Å². The van der Waals surface area contributed by atoms with E-state index in [2.05, 4.69) is 5.32 Å². The van der Waals surface area contributed by atoms with Gasteiger partial charge in [0.15, 0.2) is 0 Å². The van der Waals surface area contributed by atoms with E-state index in [1.54, 1.807) is 48.2 Å². The van der Waals surface area contributed by atoms with Crippen LogP contribution in [0.25, 0.3) is 0 Å². The number of esters is 1. The molecule has 2 atom stereocenters. The van der Waals surface area contributed by atoms with E-state index >= 15 is 0 Å². The number of carbonyl (C=O) groups is 2. The Kier molecular flexibility index (Phi) is 4.98. The Labute approximate surface area is 139 Å². The summed E-state index contributed by atoms with van der Waals surface area (Å²) in [5, 5.41) is 2.97. The minimum absolute atomic E-state index is 0.140. The van der Waals surface area contributed by atoms with Crippen LogP contribution >= 0.6 is 11.8 Å². The third-order valence-corrected chi connectivity index (χ3v) is 4.81. The van der Waals surface area contributed by atoms with Gasteiger partial charge in [0, 0.05) is 17.1 Å². The maximum atomic E-state index is 12.2. The summed E-state index contributed by atoms with van der Waals surface area (Å²) in [5.41, 5.74) is 1.13. The Morgan fingerprint density at radius 1 is 0.913 bits per heavy atom. The Bertz CT molecular complexity index is 616. The summed E-state index contributed by atoms with van der Waals surface area (Å²) in [6.07, 6.45) is -0.305. The highest BCUT2D eigenvalue weighted by Crippen LogP contribution is 2.22. The molecule has 0 spiro atoms. The molecule has 0 bridgehead atoms. The van der Waals surface area contributed by atoms with Crippen LogP contribution < -0.4 is 5.32 Å². The number of ether oxygens (including phenoxy) is 1. The van der Waals surface area contributed by atoms with Crippen molar-refractivity contribution in [1.29, 1.82) is 0 Å². The topological polar surface area (TPSA) is 55.4 Å². The van der Waals surface area contributed by atoms with Crippen LogP contribution in [0.4, 0.5) is 0 Å². The summed E-state index contributed by atoms with van der Waals surface area (Å²) < 4.78 is 5.57. The highest BCUT2D eigenvalue weighted by Gasteiger charge is 2.32. The van der Waals surface area contributed by atoms with Crippen molar-refractivity contribution in [3.05, 3.63) is 71.8 Å². The lowest BCUT2D eigenvalue weighted by Gasteiger charge is -2.20. The smallest absolute Gasteiger partial charge is 0.338 e. The molecule has 0 radical (unpaired) electrons. The van der Waals surface area contributed by atoms with Crippen molar-refractivity contribution in [2.75, 3.05) is 11.5 Å². The van der Waals surface area contributed by atoms with E-state index in [9.17, 15) is 9.59 Å². The number of carbonyl (C=O) groups excluding carboxylic acids is 2. The molecule has 0 aliphatic carbocycles. The predicted octanol–water partition coefficient (Wildman–Crippen LogP) is 2.76. The van der Waals surface area contributed by atoms with Crippen LogP contribution in [0.5, 0.6) is 0 Å². The molecule has 3 rings (SSSR count). The maximum absolute atomic E-state index is 12.2. The number of thioether (sulfide) groups is 1. The zero-order valence-corrected chi connectivity index (χ0v) is 13.3. The van der Waals surface area contributed by atoms with Gasteiger partial charge in [0.05, 0.1) is 11.6 Å². The average Bonchev–Trinajstić information content (AvgIpc) is 3.03. The van der Waals surface area contributed by atoms with Gasteiger partial charge in [-0.15, -0.1) is 0 Å². The summed E-state index contributed by atoms with van der Waals surface area (Å²) >= 11 is 1.67. The highest BCUT2D eigenvalue weighted by molar-refractivity contribution is 7.99. The van der Waals surface area contributed by atoms with Crippen LogP contribution in [0, 0.1) is 0 Å². The van der Waals surface area contributed by atoms with Gasteiger partial charge in [-0.3, -0.25) is 4.79 Å². The fourth-order valence-corrected chi connectivity index (χ4v) is 3.63. The van der Waals surface area contributed by atoms with Gasteiger partial charge in [-0.25, -0.2) is 4.79 Å². The number of amides is 1. The first-order chi connectivity index (χ1) is 11.2. The van der Waals surface area contributed by atoms with Crippen molar-refractivity contribution in [1.82, 2.24) is 5.32 Å². The molecular weight excluding hydrogens is 310 g/mol. The molecule has 1 heterocycles. The van der Waals surface area contributed by atoms with Gasteiger partial charge in [0.25, 0.3) is 5.91 Å². The summed E-state index contributed by atoms with van der Waals surface area (Å²) in [4.78, 5) is 24.4. The van der Waals surface area contributed by atoms with Gasteiger partial charge in [-0.1, -0.05) is 36.4 Å². The van der Waals surface area contributed by atoms with Gasteiger partial charge >= 0.3 is 5.97 Å². The lowest BCUT2D eigenvalue weighted by atomic mass is 10.1. The SMILES string of the molecule is O=C(N[C@@H]1CSC[C@@H]1OC(=O)c1ccccc1)c1ccccc1. The Hall–Kier alpha value is -2.27. The fourth-order valence-electron chi connectivity index (χ4n) is 2.41. The van der Waals surface area contributed by atoms with Gasteiger partial charge in [-0.05, 0) is 24.3 Å². The fraction of sp³-hybridized carbons (Fsp3) is 0.222. The predicted molar refractivity (Wildman–Crippen MR) is 90.7 cm³/mol. The van der Waals surface area contributed by atoms with Crippen molar-refractivity contribution in [3.8, 4) is 0 Å². The van der Waals surface area contributed by atoms with Crippen molar-refractivity contribution in [2.45, 2.75) is 12.1 Å². The third-order valence-electron chi connectivity index (χ3n) is 3.65. The lowest BCUT2D eigenvalue weighted by Crippen LogP contribution is -2.44. The second-order valence-corrected chi connectivity index (χ2v) is 6.37. The van der Waals surface area contributed by atoms with Gasteiger partial charge < -0.3 is 10.1 Å². The molecule has 0 saturated carbocycles. The van der Waals surface area contributed by atoms with E-state index in [0.717, 1.165) is 5.75 Å². The van der Waals surface area contributed by atoms with Gasteiger partial charge in [-0.2, -0.15) is 11.8 Å². The van der Waals surface area contributed by atoms with Crippen molar-refractivity contribution < 1.29 is 14.3 Å². The average molecular weight is 327 g/mol. The first kappa shape index (κ1) is 15.6. The molecule has 1 aliphatic rings. The molecule has 0 unspecified atom stereocenters. The van der Waals surface area contributed by atoms with Gasteiger partial charge in [0.1, 0.15) is 6.10 Å². The van der Waals surface area contributed by atoms with Crippen LogP contribution in [0.1, 0.15) is 20.7 Å². The molecule has 1 amide bonds. The van der Waals surface area contributed by atoms with Crippen LogP contribution in [0.2, 0.25) is 0 Å². The Morgan fingerprint density at radius 3 is 2.17 bits per heavy atom. The molecule has 118 valence electrons.